The Hall–Kier alpha value is -6.84. The van der Waals surface area contributed by atoms with E-state index in [2.05, 4.69) is 175 Å². The number of furan rings is 2. The Morgan fingerprint density at radius 2 is 0.765 bits per heavy atom. The fourth-order valence-corrected chi connectivity index (χ4v) is 7.38. The van der Waals surface area contributed by atoms with Crippen LogP contribution in [-0.4, -0.2) is 0 Å². The molecule has 8 aromatic carbocycles. The van der Waals surface area contributed by atoms with Crippen molar-refractivity contribution in [3.05, 3.63) is 188 Å². The zero-order chi connectivity index (χ0) is 33.7. The normalized spacial score (nSPS) is 11.5. The quantitative estimate of drug-likeness (QED) is 0.179. The summed E-state index contributed by atoms with van der Waals surface area (Å²) in [6.45, 7) is 0. The summed E-state index contributed by atoms with van der Waals surface area (Å²) < 4.78 is 13.1. The molecule has 0 spiro atoms. The number of nitrogens with zero attached hydrogens (tertiary/aromatic N) is 1. The van der Waals surface area contributed by atoms with Gasteiger partial charge in [0.15, 0.2) is 5.58 Å². The van der Waals surface area contributed by atoms with Gasteiger partial charge in [-0.05, 0) is 81.9 Å². The Kier molecular flexibility index (Phi) is 6.81. The Bertz CT molecular complexity index is 2810. The molecule has 0 saturated carbocycles. The molecule has 0 unspecified atom stereocenters. The number of hydrogen-bond acceptors (Lipinski definition) is 3. The van der Waals surface area contributed by atoms with Crippen LogP contribution in [0.3, 0.4) is 0 Å². The van der Waals surface area contributed by atoms with Crippen LogP contribution in [0, 0.1) is 0 Å². The first kappa shape index (κ1) is 29.1. The number of anilines is 3. The summed E-state index contributed by atoms with van der Waals surface area (Å²) in [5, 5.41) is 4.20. The van der Waals surface area contributed by atoms with Gasteiger partial charge in [-0.2, -0.15) is 0 Å². The summed E-state index contributed by atoms with van der Waals surface area (Å²) in [7, 11) is 0. The minimum absolute atomic E-state index is 0.824. The second-order valence-electron chi connectivity index (χ2n) is 12.9. The van der Waals surface area contributed by atoms with Crippen LogP contribution in [0.15, 0.2) is 197 Å². The van der Waals surface area contributed by atoms with E-state index < -0.39 is 0 Å². The van der Waals surface area contributed by atoms with E-state index in [-0.39, 0.29) is 0 Å². The molecule has 10 aromatic rings. The van der Waals surface area contributed by atoms with Gasteiger partial charge in [0.25, 0.3) is 0 Å². The van der Waals surface area contributed by atoms with E-state index in [1.165, 1.54) is 27.8 Å². The topological polar surface area (TPSA) is 29.5 Å². The van der Waals surface area contributed by atoms with E-state index in [1.54, 1.807) is 0 Å². The second kappa shape index (κ2) is 11.9. The van der Waals surface area contributed by atoms with Gasteiger partial charge in [0, 0.05) is 27.5 Å². The Balaban J connectivity index is 1.11. The van der Waals surface area contributed by atoms with Crippen molar-refractivity contribution in [1.82, 2.24) is 0 Å². The molecule has 0 aliphatic rings. The summed E-state index contributed by atoms with van der Waals surface area (Å²) in [6.07, 6.45) is 0. The summed E-state index contributed by atoms with van der Waals surface area (Å²) >= 11 is 0. The van der Waals surface area contributed by atoms with Crippen molar-refractivity contribution in [2.45, 2.75) is 0 Å². The van der Waals surface area contributed by atoms with Crippen LogP contribution in [0.1, 0.15) is 0 Å². The molecule has 0 atom stereocenters. The zero-order valence-corrected chi connectivity index (χ0v) is 27.7. The SMILES string of the molecule is c1ccc(-c2ccc(-c3ccc(N(c4ccc(-c5ccccc5)cc4)c4cccc5c4oc4c5ccc5oc6ccccc6c54)cc3)cc2)cc1. The van der Waals surface area contributed by atoms with Gasteiger partial charge in [0.2, 0.25) is 0 Å². The van der Waals surface area contributed by atoms with Crippen molar-refractivity contribution in [3.63, 3.8) is 0 Å². The number of benzene rings is 8. The third kappa shape index (κ3) is 4.98. The molecule has 0 bridgehead atoms. The van der Waals surface area contributed by atoms with Gasteiger partial charge in [-0.3, -0.25) is 0 Å². The lowest BCUT2D eigenvalue weighted by atomic mass is 10.00. The first-order valence-electron chi connectivity index (χ1n) is 17.3. The smallest absolute Gasteiger partial charge is 0.159 e. The molecule has 2 heterocycles. The zero-order valence-electron chi connectivity index (χ0n) is 27.7. The monoisotopic (exact) mass is 653 g/mol. The van der Waals surface area contributed by atoms with Gasteiger partial charge < -0.3 is 13.7 Å². The van der Waals surface area contributed by atoms with Crippen LogP contribution in [0.5, 0.6) is 0 Å². The molecular weight excluding hydrogens is 623 g/mol. The van der Waals surface area contributed by atoms with Gasteiger partial charge >= 0.3 is 0 Å². The van der Waals surface area contributed by atoms with Crippen molar-refractivity contribution in [1.29, 1.82) is 0 Å². The van der Waals surface area contributed by atoms with Crippen LogP contribution in [0.25, 0.3) is 77.3 Å². The molecule has 0 aliphatic heterocycles. The van der Waals surface area contributed by atoms with Gasteiger partial charge in [-0.15, -0.1) is 0 Å². The van der Waals surface area contributed by atoms with Gasteiger partial charge in [0.05, 0.1) is 11.1 Å². The highest BCUT2D eigenvalue weighted by Crippen LogP contribution is 2.45. The molecule has 3 nitrogen and oxygen atoms in total. The van der Waals surface area contributed by atoms with Crippen LogP contribution < -0.4 is 4.90 Å². The van der Waals surface area contributed by atoms with E-state index >= 15 is 0 Å². The Morgan fingerprint density at radius 3 is 1.35 bits per heavy atom. The molecule has 3 heteroatoms. The van der Waals surface area contributed by atoms with Crippen LogP contribution in [0.4, 0.5) is 17.1 Å². The molecule has 2 aromatic heterocycles. The van der Waals surface area contributed by atoms with Crippen molar-refractivity contribution in [3.8, 4) is 33.4 Å². The van der Waals surface area contributed by atoms with E-state index in [9.17, 15) is 0 Å². The number of para-hydroxylation sites is 2. The van der Waals surface area contributed by atoms with Gasteiger partial charge in [0.1, 0.15) is 16.7 Å². The van der Waals surface area contributed by atoms with Crippen molar-refractivity contribution in [2.24, 2.45) is 0 Å². The third-order valence-electron chi connectivity index (χ3n) is 9.91. The van der Waals surface area contributed by atoms with Crippen LogP contribution in [-0.2, 0) is 0 Å². The van der Waals surface area contributed by atoms with E-state index in [0.29, 0.717) is 0 Å². The van der Waals surface area contributed by atoms with Crippen molar-refractivity contribution < 1.29 is 8.83 Å². The van der Waals surface area contributed by atoms with Crippen LogP contribution >= 0.6 is 0 Å². The number of fused-ring (bicyclic) bond motifs is 7. The first-order valence-corrected chi connectivity index (χ1v) is 17.3. The molecule has 0 aliphatic carbocycles. The summed E-state index contributed by atoms with van der Waals surface area (Å²) in [5.74, 6) is 0. The molecular formula is C48H31NO2. The summed E-state index contributed by atoms with van der Waals surface area (Å²) in [6, 6.07) is 66.2. The Labute approximate surface area is 295 Å². The second-order valence-corrected chi connectivity index (χ2v) is 12.9. The predicted octanol–water partition coefficient (Wildman–Crippen LogP) is 14.0. The molecule has 0 N–H and O–H groups in total. The lowest BCUT2D eigenvalue weighted by Crippen LogP contribution is -2.10. The fraction of sp³-hybridized carbons (Fsp3) is 0. The van der Waals surface area contributed by atoms with E-state index in [4.69, 9.17) is 8.83 Å². The maximum absolute atomic E-state index is 6.92. The molecule has 0 radical (unpaired) electrons. The first-order chi connectivity index (χ1) is 25.3. The molecule has 0 saturated heterocycles. The highest BCUT2D eigenvalue weighted by atomic mass is 16.3. The third-order valence-corrected chi connectivity index (χ3v) is 9.91. The maximum atomic E-state index is 6.92. The average molecular weight is 654 g/mol. The standard InChI is InChI=1S/C48H31NO2/c1-3-10-32(11-4-1)34-18-20-35(21-19-34)37-24-28-39(29-25-37)49(38-26-22-36(23-27-38)33-12-5-2-6-13-33)43-16-9-15-40-41-30-31-45-46(48(41)51-47(40)43)42-14-7-8-17-44(42)50-45/h1-31H. The minimum atomic E-state index is 0.824. The fourth-order valence-electron chi connectivity index (χ4n) is 7.38. The van der Waals surface area contributed by atoms with Crippen molar-refractivity contribution in [2.75, 3.05) is 4.90 Å². The van der Waals surface area contributed by atoms with E-state index in [0.717, 1.165) is 66.5 Å². The predicted molar refractivity (Wildman–Crippen MR) is 212 cm³/mol. The number of hydrogen-bond donors (Lipinski definition) is 0. The molecule has 10 rings (SSSR count). The average Bonchev–Trinajstić information content (AvgIpc) is 3.78. The largest absolute Gasteiger partial charge is 0.456 e. The molecule has 0 fully saturated rings. The van der Waals surface area contributed by atoms with E-state index in [1.807, 2.05) is 18.2 Å². The lowest BCUT2D eigenvalue weighted by molar-refractivity contribution is 0.663. The minimum Gasteiger partial charge on any atom is -0.456 e. The van der Waals surface area contributed by atoms with Crippen LogP contribution in [0.2, 0.25) is 0 Å². The molecule has 51 heavy (non-hydrogen) atoms. The number of rotatable bonds is 6. The molecule has 240 valence electrons. The van der Waals surface area contributed by atoms with Gasteiger partial charge in [-0.1, -0.05) is 140 Å². The van der Waals surface area contributed by atoms with Gasteiger partial charge in [-0.25, -0.2) is 0 Å². The Morgan fingerprint density at radius 1 is 0.294 bits per heavy atom. The maximum Gasteiger partial charge on any atom is 0.159 e. The highest BCUT2D eigenvalue weighted by Gasteiger charge is 2.22. The molecule has 0 amide bonds. The highest BCUT2D eigenvalue weighted by molar-refractivity contribution is 6.23. The summed E-state index contributed by atoms with van der Waals surface area (Å²) in [4.78, 5) is 2.30. The van der Waals surface area contributed by atoms with Crippen molar-refractivity contribution >= 4 is 60.9 Å². The lowest BCUT2D eigenvalue weighted by Gasteiger charge is -2.26. The summed E-state index contributed by atoms with van der Waals surface area (Å²) in [5.41, 5.74) is 13.5.